The van der Waals surface area contributed by atoms with Crippen molar-refractivity contribution in [3.63, 3.8) is 0 Å². The summed E-state index contributed by atoms with van der Waals surface area (Å²) in [7, 11) is 0. The molecule has 0 aliphatic rings. The second kappa shape index (κ2) is 6.17. The number of fused-ring (bicyclic) bond motifs is 1. The summed E-state index contributed by atoms with van der Waals surface area (Å²) < 4.78 is 0.874. The second-order valence-electron chi connectivity index (χ2n) is 5.08. The van der Waals surface area contributed by atoms with Crippen LogP contribution in [0.15, 0.2) is 71.7 Å². The Labute approximate surface area is 141 Å². The van der Waals surface area contributed by atoms with Crippen molar-refractivity contribution in [2.45, 2.75) is 0 Å². The Kier molecular flexibility index (Phi) is 3.72. The molecule has 5 nitrogen and oxygen atoms in total. The molecule has 0 aliphatic carbocycles. The molecule has 0 radical (unpaired) electrons. The van der Waals surface area contributed by atoms with Gasteiger partial charge in [0, 0.05) is 16.5 Å². The SMILES string of the molecule is O=c1nc(Nc2nccc(-c3ccccc3)n2)sc2ccccc12. The van der Waals surface area contributed by atoms with Crippen molar-refractivity contribution in [2.75, 3.05) is 5.32 Å². The third-order valence-electron chi connectivity index (χ3n) is 3.47. The van der Waals surface area contributed by atoms with Gasteiger partial charge in [-0.3, -0.25) is 10.1 Å². The van der Waals surface area contributed by atoms with E-state index in [0.717, 1.165) is 16.0 Å². The van der Waals surface area contributed by atoms with Crippen LogP contribution in [0.1, 0.15) is 0 Å². The van der Waals surface area contributed by atoms with E-state index >= 15 is 0 Å². The number of hydrogen-bond acceptors (Lipinski definition) is 6. The average molecular weight is 332 g/mol. The van der Waals surface area contributed by atoms with Crippen LogP contribution in [-0.2, 0) is 0 Å². The van der Waals surface area contributed by atoms with Crippen LogP contribution in [0.25, 0.3) is 21.3 Å². The highest BCUT2D eigenvalue weighted by atomic mass is 32.1. The van der Waals surface area contributed by atoms with Crippen LogP contribution in [0.5, 0.6) is 0 Å². The van der Waals surface area contributed by atoms with Crippen molar-refractivity contribution >= 4 is 32.5 Å². The van der Waals surface area contributed by atoms with Crippen LogP contribution in [0.3, 0.4) is 0 Å². The fourth-order valence-corrected chi connectivity index (χ4v) is 3.24. The van der Waals surface area contributed by atoms with E-state index in [1.807, 2.05) is 54.6 Å². The Balaban J connectivity index is 1.70. The third-order valence-corrected chi connectivity index (χ3v) is 4.43. The normalized spacial score (nSPS) is 10.7. The molecule has 0 saturated carbocycles. The molecule has 0 amide bonds. The van der Waals surface area contributed by atoms with Gasteiger partial charge in [0.15, 0.2) is 5.13 Å². The number of benzene rings is 2. The van der Waals surface area contributed by atoms with E-state index in [4.69, 9.17) is 0 Å². The first-order chi connectivity index (χ1) is 11.8. The van der Waals surface area contributed by atoms with Crippen molar-refractivity contribution in [1.29, 1.82) is 0 Å². The van der Waals surface area contributed by atoms with Crippen molar-refractivity contribution < 1.29 is 0 Å². The topological polar surface area (TPSA) is 67.8 Å². The minimum atomic E-state index is -0.258. The summed E-state index contributed by atoms with van der Waals surface area (Å²) in [6.45, 7) is 0. The lowest BCUT2D eigenvalue weighted by molar-refractivity contribution is 1.16. The van der Waals surface area contributed by atoms with Gasteiger partial charge in [0.1, 0.15) is 0 Å². The Hall–Kier alpha value is -3.12. The van der Waals surface area contributed by atoms with E-state index in [0.29, 0.717) is 16.5 Å². The molecular formula is C18H12N4OS. The highest BCUT2D eigenvalue weighted by molar-refractivity contribution is 7.21. The third kappa shape index (κ3) is 2.87. The van der Waals surface area contributed by atoms with Gasteiger partial charge in [0.2, 0.25) is 5.95 Å². The lowest BCUT2D eigenvalue weighted by atomic mass is 10.1. The van der Waals surface area contributed by atoms with Crippen LogP contribution in [-0.4, -0.2) is 15.0 Å². The maximum Gasteiger partial charge on any atom is 0.281 e. The number of nitrogens with one attached hydrogen (secondary N) is 1. The number of hydrogen-bond donors (Lipinski definition) is 1. The quantitative estimate of drug-likeness (QED) is 0.617. The van der Waals surface area contributed by atoms with Gasteiger partial charge in [-0.2, -0.15) is 4.98 Å². The summed E-state index contributed by atoms with van der Waals surface area (Å²) in [5, 5.41) is 4.13. The number of nitrogens with zero attached hydrogens (tertiary/aromatic N) is 3. The molecular weight excluding hydrogens is 320 g/mol. The highest BCUT2D eigenvalue weighted by Crippen LogP contribution is 2.23. The molecule has 0 aliphatic heterocycles. The molecule has 24 heavy (non-hydrogen) atoms. The van der Waals surface area contributed by atoms with Crippen molar-refractivity contribution in [1.82, 2.24) is 15.0 Å². The van der Waals surface area contributed by atoms with E-state index in [-0.39, 0.29) is 5.56 Å². The summed E-state index contributed by atoms with van der Waals surface area (Å²) in [6.07, 6.45) is 1.68. The average Bonchev–Trinajstić information content (AvgIpc) is 2.63. The van der Waals surface area contributed by atoms with Gasteiger partial charge >= 0.3 is 0 Å². The molecule has 2 aromatic carbocycles. The first-order valence-corrected chi connectivity index (χ1v) is 8.17. The van der Waals surface area contributed by atoms with Gasteiger partial charge in [-0.15, -0.1) is 0 Å². The molecule has 2 heterocycles. The van der Waals surface area contributed by atoms with Crippen LogP contribution in [0, 0.1) is 0 Å². The maximum absolute atomic E-state index is 12.1. The van der Waals surface area contributed by atoms with E-state index < -0.39 is 0 Å². The summed E-state index contributed by atoms with van der Waals surface area (Å²) in [5.41, 5.74) is 1.55. The van der Waals surface area contributed by atoms with Crippen LogP contribution in [0.4, 0.5) is 11.1 Å². The minimum absolute atomic E-state index is 0.258. The van der Waals surface area contributed by atoms with E-state index in [2.05, 4.69) is 20.3 Å². The molecule has 4 aromatic rings. The zero-order valence-corrected chi connectivity index (χ0v) is 13.3. The lowest BCUT2D eigenvalue weighted by Gasteiger charge is -2.06. The molecule has 0 atom stereocenters. The monoisotopic (exact) mass is 332 g/mol. The summed E-state index contributed by atoms with van der Waals surface area (Å²) in [4.78, 5) is 24.9. The molecule has 116 valence electrons. The van der Waals surface area contributed by atoms with E-state index in [1.165, 1.54) is 11.3 Å². The Bertz CT molecular complexity index is 1060. The summed E-state index contributed by atoms with van der Waals surface area (Å²) in [6, 6.07) is 19.1. The molecule has 2 aromatic heterocycles. The van der Waals surface area contributed by atoms with Crippen molar-refractivity contribution in [3.05, 3.63) is 77.2 Å². The number of rotatable bonds is 3. The lowest BCUT2D eigenvalue weighted by Crippen LogP contribution is -2.08. The first kappa shape index (κ1) is 14.5. The zero-order chi connectivity index (χ0) is 16.4. The van der Waals surface area contributed by atoms with Gasteiger partial charge in [-0.05, 0) is 18.2 Å². The molecule has 0 saturated heterocycles. The highest BCUT2D eigenvalue weighted by Gasteiger charge is 2.07. The molecule has 6 heteroatoms. The van der Waals surface area contributed by atoms with Gasteiger partial charge in [0.25, 0.3) is 5.56 Å². The Morgan fingerprint density at radius 2 is 1.67 bits per heavy atom. The maximum atomic E-state index is 12.1. The van der Waals surface area contributed by atoms with Crippen molar-refractivity contribution in [2.24, 2.45) is 0 Å². The molecule has 1 N–H and O–H groups in total. The molecule has 0 bridgehead atoms. The fourth-order valence-electron chi connectivity index (χ4n) is 2.35. The van der Waals surface area contributed by atoms with E-state index in [9.17, 15) is 4.79 Å². The molecule has 0 fully saturated rings. The van der Waals surface area contributed by atoms with Crippen LogP contribution in [0.2, 0.25) is 0 Å². The van der Waals surface area contributed by atoms with Crippen molar-refractivity contribution in [3.8, 4) is 11.3 Å². The summed E-state index contributed by atoms with van der Waals surface area (Å²) >= 11 is 1.40. The Morgan fingerprint density at radius 1 is 0.875 bits per heavy atom. The van der Waals surface area contributed by atoms with Gasteiger partial charge in [0.05, 0.1) is 11.1 Å². The number of aromatic nitrogens is 3. The van der Waals surface area contributed by atoms with Crippen LogP contribution < -0.4 is 10.9 Å². The first-order valence-electron chi connectivity index (χ1n) is 7.35. The smallest absolute Gasteiger partial charge is 0.281 e. The predicted octanol–water partition coefficient (Wildman–Crippen LogP) is 3.86. The zero-order valence-electron chi connectivity index (χ0n) is 12.5. The fraction of sp³-hybridized carbons (Fsp3) is 0. The minimum Gasteiger partial charge on any atom is -0.300 e. The Morgan fingerprint density at radius 3 is 2.54 bits per heavy atom. The standard InChI is InChI=1S/C18H12N4OS/c23-16-13-8-4-5-9-15(13)24-18(21-16)22-17-19-11-10-14(20-17)12-6-2-1-3-7-12/h1-11H,(H,19,20,21,22,23). The summed E-state index contributed by atoms with van der Waals surface area (Å²) in [5.74, 6) is 0.412. The predicted molar refractivity (Wildman–Crippen MR) is 96.6 cm³/mol. The van der Waals surface area contributed by atoms with Gasteiger partial charge in [-0.1, -0.05) is 53.8 Å². The largest absolute Gasteiger partial charge is 0.300 e. The molecule has 0 spiro atoms. The van der Waals surface area contributed by atoms with Gasteiger partial charge in [-0.25, -0.2) is 9.97 Å². The number of anilines is 2. The molecule has 0 unspecified atom stereocenters. The second-order valence-corrected chi connectivity index (χ2v) is 6.11. The van der Waals surface area contributed by atoms with Crippen LogP contribution >= 0.6 is 11.3 Å². The van der Waals surface area contributed by atoms with Gasteiger partial charge < -0.3 is 0 Å². The molecule has 4 rings (SSSR count). The van der Waals surface area contributed by atoms with E-state index in [1.54, 1.807) is 12.3 Å².